The van der Waals surface area contributed by atoms with Gasteiger partial charge in [0.1, 0.15) is 12.4 Å². The van der Waals surface area contributed by atoms with Crippen molar-refractivity contribution < 1.29 is 14.3 Å². The summed E-state index contributed by atoms with van der Waals surface area (Å²) in [6, 6.07) is 12.8. The minimum atomic E-state index is -0.478. The van der Waals surface area contributed by atoms with Crippen LogP contribution in [-0.4, -0.2) is 54.0 Å². The van der Waals surface area contributed by atoms with E-state index in [0.717, 1.165) is 11.3 Å². The molecule has 0 unspecified atom stereocenters. The summed E-state index contributed by atoms with van der Waals surface area (Å²) in [5, 5.41) is 5.66. The second kappa shape index (κ2) is 9.68. The second-order valence-electron chi connectivity index (χ2n) is 6.35. The highest BCUT2D eigenvalue weighted by Crippen LogP contribution is 2.13. The third kappa shape index (κ3) is 5.79. The number of para-hydroxylation sites is 1. The van der Waals surface area contributed by atoms with Crippen LogP contribution >= 0.6 is 0 Å². The van der Waals surface area contributed by atoms with E-state index in [9.17, 15) is 9.59 Å². The average Bonchev–Trinajstić information content (AvgIpc) is 2.70. The second-order valence-corrected chi connectivity index (χ2v) is 6.35. The number of amides is 2. The van der Waals surface area contributed by atoms with Gasteiger partial charge in [0.25, 0.3) is 0 Å². The zero-order valence-electron chi connectivity index (χ0n) is 15.1. The summed E-state index contributed by atoms with van der Waals surface area (Å²) in [6.07, 6.45) is 3.62. The predicted octanol–water partition coefficient (Wildman–Crippen LogP) is 0.967. The number of ether oxygens (including phenoxy) is 1. The number of hydrogen-bond acceptors (Lipinski definition) is 5. The Morgan fingerprint density at radius 2 is 2.11 bits per heavy atom. The van der Waals surface area contributed by atoms with E-state index in [0.29, 0.717) is 32.8 Å². The van der Waals surface area contributed by atoms with E-state index in [1.807, 2.05) is 47.4 Å². The Bertz CT molecular complexity index is 739. The van der Waals surface area contributed by atoms with Gasteiger partial charge in [-0.2, -0.15) is 0 Å². The fourth-order valence-electron chi connectivity index (χ4n) is 3.02. The smallest absolute Gasteiger partial charge is 0.237 e. The molecule has 0 radical (unpaired) electrons. The Morgan fingerprint density at radius 3 is 2.89 bits per heavy atom. The SMILES string of the molecule is O=C(C[C@@H]1C(=O)NCCN1Cc1cccnc1)NCCOc1ccccc1. The number of nitrogens with one attached hydrogen (secondary N) is 2. The summed E-state index contributed by atoms with van der Waals surface area (Å²) in [5.74, 6) is 0.492. The van der Waals surface area contributed by atoms with Crippen molar-refractivity contribution in [3.8, 4) is 5.75 Å². The predicted molar refractivity (Wildman–Crippen MR) is 101 cm³/mol. The molecule has 7 nitrogen and oxygen atoms in total. The number of hydrogen-bond donors (Lipinski definition) is 2. The van der Waals surface area contributed by atoms with Crippen molar-refractivity contribution in [1.82, 2.24) is 20.5 Å². The van der Waals surface area contributed by atoms with Crippen molar-refractivity contribution in [3.05, 3.63) is 60.4 Å². The average molecular weight is 368 g/mol. The fourth-order valence-corrected chi connectivity index (χ4v) is 3.02. The third-order valence-corrected chi connectivity index (χ3v) is 4.37. The summed E-state index contributed by atoms with van der Waals surface area (Å²) in [6.45, 7) is 2.66. The minimum absolute atomic E-state index is 0.110. The number of piperazine rings is 1. The number of benzene rings is 1. The molecule has 1 atom stereocenters. The summed E-state index contributed by atoms with van der Waals surface area (Å²) < 4.78 is 5.56. The zero-order chi connectivity index (χ0) is 18.9. The lowest BCUT2D eigenvalue weighted by molar-refractivity contribution is -0.134. The van der Waals surface area contributed by atoms with Gasteiger partial charge in [0.15, 0.2) is 0 Å². The lowest BCUT2D eigenvalue weighted by Crippen LogP contribution is -2.56. The highest BCUT2D eigenvalue weighted by Gasteiger charge is 2.31. The van der Waals surface area contributed by atoms with Crippen molar-refractivity contribution in [3.63, 3.8) is 0 Å². The molecule has 2 aromatic rings. The molecule has 2 amide bonds. The van der Waals surface area contributed by atoms with Crippen LogP contribution in [0.4, 0.5) is 0 Å². The molecule has 0 spiro atoms. The molecule has 1 aromatic carbocycles. The Balaban J connectivity index is 1.47. The molecule has 1 aliphatic rings. The van der Waals surface area contributed by atoms with Crippen LogP contribution in [0.1, 0.15) is 12.0 Å². The zero-order valence-corrected chi connectivity index (χ0v) is 15.1. The van der Waals surface area contributed by atoms with Gasteiger partial charge in [-0.15, -0.1) is 0 Å². The molecule has 142 valence electrons. The number of pyridine rings is 1. The monoisotopic (exact) mass is 368 g/mol. The van der Waals surface area contributed by atoms with Crippen LogP contribution < -0.4 is 15.4 Å². The maximum Gasteiger partial charge on any atom is 0.237 e. The van der Waals surface area contributed by atoms with Crippen molar-refractivity contribution in [2.45, 2.75) is 19.0 Å². The van der Waals surface area contributed by atoms with Gasteiger partial charge >= 0.3 is 0 Å². The van der Waals surface area contributed by atoms with Crippen LogP contribution in [0.3, 0.4) is 0 Å². The summed E-state index contributed by atoms with van der Waals surface area (Å²) in [5.41, 5.74) is 1.02. The molecule has 1 aromatic heterocycles. The van der Waals surface area contributed by atoms with Gasteiger partial charge in [0, 0.05) is 32.0 Å². The molecule has 1 aliphatic heterocycles. The highest BCUT2D eigenvalue weighted by molar-refractivity contribution is 5.88. The summed E-state index contributed by atoms with van der Waals surface area (Å²) in [7, 11) is 0. The summed E-state index contributed by atoms with van der Waals surface area (Å²) in [4.78, 5) is 30.7. The van der Waals surface area contributed by atoms with Gasteiger partial charge in [-0.3, -0.25) is 19.5 Å². The van der Waals surface area contributed by atoms with Crippen molar-refractivity contribution in [2.75, 3.05) is 26.2 Å². The quantitative estimate of drug-likeness (QED) is 0.679. The molecule has 1 saturated heterocycles. The first-order chi connectivity index (χ1) is 13.2. The first kappa shape index (κ1) is 18.8. The van der Waals surface area contributed by atoms with E-state index in [2.05, 4.69) is 15.6 Å². The Morgan fingerprint density at radius 1 is 1.26 bits per heavy atom. The van der Waals surface area contributed by atoms with Crippen LogP contribution in [-0.2, 0) is 16.1 Å². The molecular formula is C20H24N4O3. The first-order valence-corrected chi connectivity index (χ1v) is 9.07. The van der Waals surface area contributed by atoms with Gasteiger partial charge in [-0.1, -0.05) is 24.3 Å². The fraction of sp³-hybridized carbons (Fsp3) is 0.350. The first-order valence-electron chi connectivity index (χ1n) is 9.07. The van der Waals surface area contributed by atoms with E-state index >= 15 is 0 Å². The van der Waals surface area contributed by atoms with E-state index in [1.165, 1.54) is 0 Å². The van der Waals surface area contributed by atoms with Crippen molar-refractivity contribution in [1.29, 1.82) is 0 Å². The number of aromatic nitrogens is 1. The van der Waals surface area contributed by atoms with E-state index in [-0.39, 0.29) is 18.2 Å². The van der Waals surface area contributed by atoms with Gasteiger partial charge < -0.3 is 15.4 Å². The number of carbonyl (C=O) groups excluding carboxylic acids is 2. The van der Waals surface area contributed by atoms with E-state index in [4.69, 9.17) is 4.74 Å². The maximum atomic E-state index is 12.3. The molecule has 0 saturated carbocycles. The standard InChI is InChI=1S/C20H24N4O3/c25-19(22-10-12-27-17-6-2-1-3-7-17)13-18-20(26)23-9-11-24(18)15-16-5-4-8-21-14-16/h1-8,14,18H,9-13,15H2,(H,22,25)(H,23,26)/t18-/m1/s1. The lowest BCUT2D eigenvalue weighted by atomic mass is 10.1. The Kier molecular flexibility index (Phi) is 6.76. The lowest BCUT2D eigenvalue weighted by Gasteiger charge is -2.34. The topological polar surface area (TPSA) is 83.6 Å². The third-order valence-electron chi connectivity index (χ3n) is 4.37. The molecule has 3 rings (SSSR count). The Labute approximate surface area is 158 Å². The van der Waals surface area contributed by atoms with Gasteiger partial charge in [-0.25, -0.2) is 0 Å². The molecule has 0 bridgehead atoms. The van der Waals surface area contributed by atoms with Gasteiger partial charge in [0.2, 0.25) is 11.8 Å². The molecule has 27 heavy (non-hydrogen) atoms. The maximum absolute atomic E-state index is 12.3. The Hall–Kier alpha value is -2.93. The van der Waals surface area contributed by atoms with Gasteiger partial charge in [-0.05, 0) is 23.8 Å². The number of carbonyl (C=O) groups is 2. The molecule has 1 fully saturated rings. The molecule has 0 aliphatic carbocycles. The molecule has 2 N–H and O–H groups in total. The largest absolute Gasteiger partial charge is 0.492 e. The normalized spacial score (nSPS) is 17.2. The minimum Gasteiger partial charge on any atom is -0.492 e. The van der Waals surface area contributed by atoms with Crippen molar-refractivity contribution >= 4 is 11.8 Å². The van der Waals surface area contributed by atoms with Crippen LogP contribution in [0.25, 0.3) is 0 Å². The van der Waals surface area contributed by atoms with Crippen LogP contribution in [0, 0.1) is 0 Å². The highest BCUT2D eigenvalue weighted by atomic mass is 16.5. The van der Waals surface area contributed by atoms with Gasteiger partial charge in [0.05, 0.1) is 19.0 Å². The van der Waals surface area contributed by atoms with Crippen LogP contribution in [0.5, 0.6) is 5.75 Å². The van der Waals surface area contributed by atoms with E-state index in [1.54, 1.807) is 12.4 Å². The number of nitrogens with zero attached hydrogens (tertiary/aromatic N) is 2. The van der Waals surface area contributed by atoms with Crippen LogP contribution in [0.15, 0.2) is 54.9 Å². The number of rotatable bonds is 8. The van der Waals surface area contributed by atoms with E-state index < -0.39 is 6.04 Å². The van der Waals surface area contributed by atoms with Crippen LogP contribution in [0.2, 0.25) is 0 Å². The molecular weight excluding hydrogens is 344 g/mol. The molecule has 2 heterocycles. The summed E-state index contributed by atoms with van der Waals surface area (Å²) >= 11 is 0. The van der Waals surface area contributed by atoms with Crippen molar-refractivity contribution in [2.24, 2.45) is 0 Å². The molecule has 7 heteroatoms.